The number of hydrogen-bond donors (Lipinski definition) is 3. The number of rotatable bonds is 4. The molecule has 0 spiro atoms. The van der Waals surface area contributed by atoms with E-state index in [1.165, 1.54) is 0 Å². The molecule has 0 saturated heterocycles. The van der Waals surface area contributed by atoms with Gasteiger partial charge in [-0.25, -0.2) is 0 Å². The number of amidine groups is 1. The van der Waals surface area contributed by atoms with Crippen molar-refractivity contribution in [2.45, 2.75) is 39.7 Å². The predicted molar refractivity (Wildman–Crippen MR) is 82.0 cm³/mol. The summed E-state index contributed by atoms with van der Waals surface area (Å²) in [5.74, 6) is 0.256. The number of amides is 1. The van der Waals surface area contributed by atoms with Gasteiger partial charge in [0.2, 0.25) is 5.91 Å². The quantitative estimate of drug-likeness (QED) is 0.344. The first-order valence-corrected chi connectivity index (χ1v) is 7.25. The Kier molecular flexibility index (Phi) is 4.21. The fourth-order valence-electron chi connectivity index (χ4n) is 3.22. The lowest BCUT2D eigenvalue weighted by Gasteiger charge is -2.44. The van der Waals surface area contributed by atoms with E-state index in [9.17, 15) is 4.79 Å². The van der Waals surface area contributed by atoms with Gasteiger partial charge in [-0.15, -0.1) is 0 Å². The average molecular weight is 289 g/mol. The molecule has 0 aromatic heterocycles. The first-order chi connectivity index (χ1) is 9.90. The lowest BCUT2D eigenvalue weighted by Crippen LogP contribution is -2.57. The summed E-state index contributed by atoms with van der Waals surface area (Å²) in [4.78, 5) is 12.6. The monoisotopic (exact) mass is 289 g/mol. The Labute approximate surface area is 125 Å². The van der Waals surface area contributed by atoms with Gasteiger partial charge < -0.3 is 16.3 Å². The van der Waals surface area contributed by atoms with Crippen molar-refractivity contribution in [2.24, 2.45) is 22.2 Å². The molecule has 1 aromatic carbocycles. The Hall–Kier alpha value is -2.04. The molecule has 1 amide bonds. The normalized spacial score (nSPS) is 26.8. The number of carbonyl (C=O) groups is 1. The van der Waals surface area contributed by atoms with Crippen LogP contribution in [0.2, 0.25) is 0 Å². The summed E-state index contributed by atoms with van der Waals surface area (Å²) in [7, 11) is 0. The summed E-state index contributed by atoms with van der Waals surface area (Å²) in [6.45, 7) is 6.02. The van der Waals surface area contributed by atoms with E-state index >= 15 is 0 Å². The molecular weight excluding hydrogens is 266 g/mol. The molecule has 1 aliphatic rings. The fraction of sp³-hybridized carbons (Fsp3) is 0.500. The highest BCUT2D eigenvalue weighted by molar-refractivity contribution is 6.07. The van der Waals surface area contributed by atoms with Crippen LogP contribution in [0.25, 0.3) is 0 Å². The Morgan fingerprint density at radius 1 is 1.48 bits per heavy atom. The number of benzene rings is 1. The highest BCUT2D eigenvalue weighted by Gasteiger charge is 2.52. The Morgan fingerprint density at radius 3 is 2.62 bits per heavy atom. The van der Waals surface area contributed by atoms with E-state index in [1.807, 2.05) is 38.1 Å². The molecule has 5 heteroatoms. The van der Waals surface area contributed by atoms with Crippen LogP contribution in [0.1, 0.15) is 43.9 Å². The molecule has 21 heavy (non-hydrogen) atoms. The molecule has 5 nitrogen and oxygen atoms in total. The molecular formula is C16H23N3O2. The maximum Gasteiger partial charge on any atom is 0.234 e. The topological polar surface area (TPSA) is 87.7 Å². The van der Waals surface area contributed by atoms with Gasteiger partial charge in [0.1, 0.15) is 5.41 Å². The van der Waals surface area contributed by atoms with Crippen LogP contribution in [-0.4, -0.2) is 17.0 Å². The summed E-state index contributed by atoms with van der Waals surface area (Å²) in [6, 6.07) is 7.83. The standard InChI is InChI=1S/C16H23N3O2/c1-10-8-16(9-10,14(17)19-21)15(20)18-12(3)13-7-5-4-6-11(13)2/h4-7,10,12,21H,8-9H2,1-3H3,(H2,17,19)(H,18,20). The van der Waals surface area contributed by atoms with E-state index in [-0.39, 0.29) is 17.8 Å². The molecule has 0 heterocycles. The molecule has 1 aliphatic carbocycles. The summed E-state index contributed by atoms with van der Waals surface area (Å²) >= 11 is 0. The first-order valence-electron chi connectivity index (χ1n) is 7.25. The van der Waals surface area contributed by atoms with Crippen LogP contribution < -0.4 is 11.1 Å². The maximum atomic E-state index is 12.6. The Bertz CT molecular complexity index is 562. The van der Waals surface area contributed by atoms with Gasteiger partial charge in [0.05, 0.1) is 6.04 Å². The highest BCUT2D eigenvalue weighted by atomic mass is 16.4. The molecule has 0 aliphatic heterocycles. The van der Waals surface area contributed by atoms with E-state index in [2.05, 4.69) is 17.4 Å². The average Bonchev–Trinajstić information content (AvgIpc) is 2.42. The van der Waals surface area contributed by atoms with Crippen LogP contribution in [0.4, 0.5) is 0 Å². The van der Waals surface area contributed by atoms with Gasteiger partial charge in [0.15, 0.2) is 5.84 Å². The van der Waals surface area contributed by atoms with E-state index in [4.69, 9.17) is 10.9 Å². The van der Waals surface area contributed by atoms with Crippen molar-refractivity contribution in [3.8, 4) is 0 Å². The largest absolute Gasteiger partial charge is 0.409 e. The highest BCUT2D eigenvalue weighted by Crippen LogP contribution is 2.46. The van der Waals surface area contributed by atoms with Crippen molar-refractivity contribution in [3.05, 3.63) is 35.4 Å². The molecule has 1 atom stereocenters. The van der Waals surface area contributed by atoms with Gasteiger partial charge in [-0.1, -0.05) is 36.3 Å². The zero-order chi connectivity index (χ0) is 15.6. The summed E-state index contributed by atoms with van der Waals surface area (Å²) in [6.07, 6.45) is 1.24. The van der Waals surface area contributed by atoms with Crippen molar-refractivity contribution < 1.29 is 10.0 Å². The predicted octanol–water partition coefficient (Wildman–Crippen LogP) is 2.33. The number of hydrogen-bond acceptors (Lipinski definition) is 3. The van der Waals surface area contributed by atoms with Crippen molar-refractivity contribution >= 4 is 11.7 Å². The second kappa shape index (κ2) is 5.76. The zero-order valence-corrected chi connectivity index (χ0v) is 12.8. The van der Waals surface area contributed by atoms with E-state index in [0.29, 0.717) is 18.8 Å². The van der Waals surface area contributed by atoms with Crippen molar-refractivity contribution in [3.63, 3.8) is 0 Å². The third kappa shape index (κ3) is 2.73. The summed E-state index contributed by atoms with van der Waals surface area (Å²) in [5.41, 5.74) is 7.11. The number of nitrogens with one attached hydrogen (secondary N) is 1. The zero-order valence-electron chi connectivity index (χ0n) is 12.8. The van der Waals surface area contributed by atoms with Crippen molar-refractivity contribution in [1.29, 1.82) is 0 Å². The second-order valence-electron chi connectivity index (χ2n) is 6.13. The van der Waals surface area contributed by atoms with E-state index < -0.39 is 5.41 Å². The molecule has 0 radical (unpaired) electrons. The van der Waals surface area contributed by atoms with Crippen LogP contribution >= 0.6 is 0 Å². The fourth-order valence-corrected chi connectivity index (χ4v) is 3.22. The van der Waals surface area contributed by atoms with E-state index in [0.717, 1.165) is 11.1 Å². The third-order valence-electron chi connectivity index (χ3n) is 4.43. The van der Waals surface area contributed by atoms with Gasteiger partial charge in [-0.2, -0.15) is 0 Å². The van der Waals surface area contributed by atoms with Gasteiger partial charge in [-0.05, 0) is 43.7 Å². The van der Waals surface area contributed by atoms with Crippen LogP contribution in [0.3, 0.4) is 0 Å². The number of nitrogens with zero attached hydrogens (tertiary/aromatic N) is 1. The molecule has 114 valence electrons. The third-order valence-corrected chi connectivity index (χ3v) is 4.43. The lowest BCUT2D eigenvalue weighted by atomic mass is 9.61. The molecule has 1 fully saturated rings. The smallest absolute Gasteiger partial charge is 0.234 e. The second-order valence-corrected chi connectivity index (χ2v) is 6.13. The number of nitrogens with two attached hydrogens (primary N) is 1. The minimum atomic E-state index is -0.856. The lowest BCUT2D eigenvalue weighted by molar-refractivity contribution is -0.133. The Balaban J connectivity index is 2.15. The minimum Gasteiger partial charge on any atom is -0.409 e. The summed E-state index contributed by atoms with van der Waals surface area (Å²) < 4.78 is 0. The molecule has 1 aromatic rings. The van der Waals surface area contributed by atoms with Crippen LogP contribution in [0, 0.1) is 18.3 Å². The molecule has 1 saturated carbocycles. The van der Waals surface area contributed by atoms with Gasteiger partial charge >= 0.3 is 0 Å². The SMILES string of the molecule is Cc1ccccc1C(C)NC(=O)C1(/C(N)=N/O)CC(C)C1. The first kappa shape index (κ1) is 15.4. The van der Waals surface area contributed by atoms with Crippen molar-refractivity contribution in [2.75, 3.05) is 0 Å². The maximum absolute atomic E-state index is 12.6. The van der Waals surface area contributed by atoms with Gasteiger partial charge in [0.25, 0.3) is 0 Å². The Morgan fingerprint density at radius 2 is 2.10 bits per heavy atom. The van der Waals surface area contributed by atoms with Crippen LogP contribution in [0.15, 0.2) is 29.4 Å². The van der Waals surface area contributed by atoms with E-state index in [1.54, 1.807) is 0 Å². The molecule has 1 unspecified atom stereocenters. The van der Waals surface area contributed by atoms with Crippen molar-refractivity contribution in [1.82, 2.24) is 5.32 Å². The number of oxime groups is 1. The molecule has 0 bridgehead atoms. The minimum absolute atomic E-state index is 0.00934. The summed E-state index contributed by atoms with van der Waals surface area (Å²) in [5, 5.41) is 15.0. The van der Waals surface area contributed by atoms with Crippen LogP contribution in [-0.2, 0) is 4.79 Å². The number of carbonyl (C=O) groups excluding carboxylic acids is 1. The number of aryl methyl sites for hydroxylation is 1. The molecule has 2 rings (SSSR count). The van der Waals surface area contributed by atoms with Gasteiger partial charge in [0, 0.05) is 0 Å². The van der Waals surface area contributed by atoms with Gasteiger partial charge in [-0.3, -0.25) is 4.79 Å². The molecule has 4 N–H and O–H groups in total. The van der Waals surface area contributed by atoms with Crippen LogP contribution in [0.5, 0.6) is 0 Å².